The Bertz CT molecular complexity index is 341. The number of hydrogen-bond acceptors (Lipinski definition) is 1. The maximum absolute atomic E-state index is 3.47. The molecule has 0 saturated heterocycles. The fraction of sp³-hybridized carbons (Fsp3) is 0.647. The zero-order valence-electron chi connectivity index (χ0n) is 12.6. The molecule has 0 aliphatic rings. The quantitative estimate of drug-likeness (QED) is 0.681. The van der Waals surface area contributed by atoms with E-state index in [1.807, 2.05) is 0 Å². The molecule has 1 aromatic rings. The lowest BCUT2D eigenvalue weighted by Gasteiger charge is -2.10. The van der Waals surface area contributed by atoms with Gasteiger partial charge in [-0.05, 0) is 55.3 Å². The minimum atomic E-state index is 0.612. The van der Waals surface area contributed by atoms with Crippen molar-refractivity contribution in [3.8, 4) is 0 Å². The second kappa shape index (κ2) is 8.31. The molecule has 0 aliphatic carbocycles. The van der Waals surface area contributed by atoms with Gasteiger partial charge in [0.2, 0.25) is 0 Å². The van der Waals surface area contributed by atoms with Gasteiger partial charge in [0.05, 0.1) is 0 Å². The Balaban J connectivity index is 2.38. The Hall–Kier alpha value is -0.820. The van der Waals surface area contributed by atoms with Crippen LogP contribution < -0.4 is 5.32 Å². The van der Waals surface area contributed by atoms with E-state index in [0.717, 1.165) is 19.4 Å². The summed E-state index contributed by atoms with van der Waals surface area (Å²) in [6, 6.07) is 7.66. The summed E-state index contributed by atoms with van der Waals surface area (Å²) in [6.45, 7) is 10.1. The molecule has 1 heteroatoms. The van der Waals surface area contributed by atoms with Crippen molar-refractivity contribution in [2.24, 2.45) is 0 Å². The Morgan fingerprint density at radius 2 is 1.72 bits per heavy atom. The Labute approximate surface area is 113 Å². The summed E-state index contributed by atoms with van der Waals surface area (Å²) in [5, 5.41) is 3.47. The summed E-state index contributed by atoms with van der Waals surface area (Å²) in [5.74, 6) is 0. The van der Waals surface area contributed by atoms with Crippen LogP contribution in [0.5, 0.6) is 0 Å². The third-order valence-corrected chi connectivity index (χ3v) is 3.48. The van der Waals surface area contributed by atoms with Crippen molar-refractivity contribution in [2.75, 3.05) is 6.54 Å². The predicted molar refractivity (Wildman–Crippen MR) is 81.3 cm³/mol. The molecule has 0 radical (unpaired) electrons. The minimum absolute atomic E-state index is 0.612. The molecule has 1 aromatic carbocycles. The largest absolute Gasteiger partial charge is 0.315 e. The lowest BCUT2D eigenvalue weighted by atomic mass is 9.98. The van der Waals surface area contributed by atoms with Crippen molar-refractivity contribution in [3.63, 3.8) is 0 Å². The monoisotopic (exact) mass is 247 g/mol. The lowest BCUT2D eigenvalue weighted by Crippen LogP contribution is -2.23. The maximum atomic E-state index is 3.47. The molecule has 0 fully saturated rings. The molecule has 1 rings (SSSR count). The molecular formula is C17H29N. The van der Waals surface area contributed by atoms with Gasteiger partial charge in [0.25, 0.3) is 0 Å². The van der Waals surface area contributed by atoms with E-state index in [1.165, 1.54) is 36.0 Å². The van der Waals surface area contributed by atoms with Crippen LogP contribution in [0.15, 0.2) is 18.2 Å². The van der Waals surface area contributed by atoms with E-state index < -0.39 is 0 Å². The van der Waals surface area contributed by atoms with Gasteiger partial charge in [0, 0.05) is 6.04 Å². The molecule has 0 unspecified atom stereocenters. The zero-order chi connectivity index (χ0) is 13.4. The third kappa shape index (κ3) is 5.22. The van der Waals surface area contributed by atoms with Crippen molar-refractivity contribution in [3.05, 3.63) is 34.9 Å². The highest BCUT2D eigenvalue weighted by Gasteiger charge is 2.01. The van der Waals surface area contributed by atoms with E-state index in [1.54, 1.807) is 0 Å². The Morgan fingerprint density at radius 3 is 2.33 bits per heavy atom. The first-order valence-corrected chi connectivity index (χ1v) is 7.51. The van der Waals surface area contributed by atoms with Crippen LogP contribution in [0.25, 0.3) is 0 Å². The van der Waals surface area contributed by atoms with Crippen molar-refractivity contribution in [2.45, 2.75) is 65.8 Å². The van der Waals surface area contributed by atoms with Crippen LogP contribution in [0.4, 0.5) is 0 Å². The van der Waals surface area contributed by atoms with E-state index in [0.29, 0.717) is 6.04 Å². The van der Waals surface area contributed by atoms with Gasteiger partial charge in [-0.1, -0.05) is 45.9 Å². The Kier molecular flexibility index (Phi) is 7.04. The van der Waals surface area contributed by atoms with Gasteiger partial charge < -0.3 is 5.32 Å². The number of rotatable bonds is 8. The fourth-order valence-corrected chi connectivity index (χ4v) is 2.35. The van der Waals surface area contributed by atoms with Crippen molar-refractivity contribution >= 4 is 0 Å². The van der Waals surface area contributed by atoms with Crippen molar-refractivity contribution in [1.82, 2.24) is 5.32 Å². The second-order valence-corrected chi connectivity index (χ2v) is 5.38. The SMILES string of the molecule is CCc1ccc(CCCCNC(C)C)cc1CC. The van der Waals surface area contributed by atoms with E-state index in [-0.39, 0.29) is 0 Å². The minimum Gasteiger partial charge on any atom is -0.315 e. The number of aryl methyl sites for hydroxylation is 3. The average molecular weight is 247 g/mol. The number of unbranched alkanes of at least 4 members (excludes halogenated alkanes) is 1. The van der Waals surface area contributed by atoms with Crippen molar-refractivity contribution in [1.29, 1.82) is 0 Å². The van der Waals surface area contributed by atoms with Crippen LogP contribution in [0, 0.1) is 0 Å². The van der Waals surface area contributed by atoms with Gasteiger partial charge in [-0.15, -0.1) is 0 Å². The van der Waals surface area contributed by atoms with E-state index >= 15 is 0 Å². The molecule has 18 heavy (non-hydrogen) atoms. The molecule has 0 amide bonds. The normalized spacial score (nSPS) is 11.2. The molecule has 0 saturated carbocycles. The highest BCUT2D eigenvalue weighted by molar-refractivity contribution is 5.32. The molecular weight excluding hydrogens is 218 g/mol. The molecule has 0 spiro atoms. The molecule has 0 bridgehead atoms. The van der Waals surface area contributed by atoms with Crippen LogP contribution in [0.1, 0.15) is 57.2 Å². The number of hydrogen-bond donors (Lipinski definition) is 1. The van der Waals surface area contributed by atoms with Gasteiger partial charge in [-0.3, -0.25) is 0 Å². The van der Waals surface area contributed by atoms with Gasteiger partial charge >= 0.3 is 0 Å². The van der Waals surface area contributed by atoms with Crippen LogP contribution in [0.2, 0.25) is 0 Å². The molecule has 1 N–H and O–H groups in total. The lowest BCUT2D eigenvalue weighted by molar-refractivity contribution is 0.557. The number of nitrogens with one attached hydrogen (secondary N) is 1. The summed E-state index contributed by atoms with van der Waals surface area (Å²) in [5.41, 5.74) is 4.56. The van der Waals surface area contributed by atoms with Crippen LogP contribution >= 0.6 is 0 Å². The maximum Gasteiger partial charge on any atom is 0.00103 e. The van der Waals surface area contributed by atoms with Crippen LogP contribution in [-0.4, -0.2) is 12.6 Å². The predicted octanol–water partition coefficient (Wildman–Crippen LogP) is 4.13. The summed E-state index contributed by atoms with van der Waals surface area (Å²) < 4.78 is 0. The standard InChI is InChI=1S/C17H29N/c1-5-16-11-10-15(13-17(16)6-2)9-7-8-12-18-14(3)4/h10-11,13-14,18H,5-9,12H2,1-4H3. The van der Waals surface area contributed by atoms with Crippen LogP contribution in [0.3, 0.4) is 0 Å². The molecule has 0 atom stereocenters. The fourth-order valence-electron chi connectivity index (χ4n) is 2.35. The molecule has 0 heterocycles. The smallest absolute Gasteiger partial charge is 0.00103 e. The first-order valence-electron chi connectivity index (χ1n) is 7.51. The topological polar surface area (TPSA) is 12.0 Å². The summed E-state index contributed by atoms with van der Waals surface area (Å²) in [4.78, 5) is 0. The van der Waals surface area contributed by atoms with Crippen LogP contribution in [-0.2, 0) is 19.3 Å². The van der Waals surface area contributed by atoms with Gasteiger partial charge in [-0.25, -0.2) is 0 Å². The molecule has 0 aromatic heterocycles. The van der Waals surface area contributed by atoms with Gasteiger partial charge in [-0.2, -0.15) is 0 Å². The van der Waals surface area contributed by atoms with E-state index in [2.05, 4.69) is 51.2 Å². The van der Waals surface area contributed by atoms with Gasteiger partial charge in [0.15, 0.2) is 0 Å². The van der Waals surface area contributed by atoms with Crippen molar-refractivity contribution < 1.29 is 0 Å². The van der Waals surface area contributed by atoms with E-state index in [9.17, 15) is 0 Å². The molecule has 1 nitrogen and oxygen atoms in total. The summed E-state index contributed by atoms with van der Waals surface area (Å²) in [7, 11) is 0. The zero-order valence-corrected chi connectivity index (χ0v) is 12.6. The summed E-state index contributed by atoms with van der Waals surface area (Å²) in [6.07, 6.45) is 6.09. The highest BCUT2D eigenvalue weighted by atomic mass is 14.9. The van der Waals surface area contributed by atoms with E-state index in [4.69, 9.17) is 0 Å². The average Bonchev–Trinajstić information content (AvgIpc) is 2.37. The molecule has 0 aliphatic heterocycles. The molecule has 102 valence electrons. The first kappa shape index (κ1) is 15.2. The second-order valence-electron chi connectivity index (χ2n) is 5.38. The Morgan fingerprint density at radius 1 is 1.00 bits per heavy atom. The summed E-state index contributed by atoms with van der Waals surface area (Å²) >= 11 is 0. The number of benzene rings is 1. The van der Waals surface area contributed by atoms with Gasteiger partial charge in [0.1, 0.15) is 0 Å². The highest BCUT2D eigenvalue weighted by Crippen LogP contribution is 2.15. The first-order chi connectivity index (χ1) is 8.67. The third-order valence-electron chi connectivity index (χ3n) is 3.48.